The summed E-state index contributed by atoms with van der Waals surface area (Å²) in [6.07, 6.45) is 1.53. The number of nitriles is 2. The van der Waals surface area contributed by atoms with Crippen LogP contribution in [0.5, 0.6) is 0 Å². The van der Waals surface area contributed by atoms with Crippen LogP contribution in [-0.4, -0.2) is 37.2 Å². The second-order valence-corrected chi connectivity index (χ2v) is 5.47. The minimum absolute atomic E-state index is 0.0656. The minimum atomic E-state index is -0.0656. The molecule has 0 saturated carbocycles. The van der Waals surface area contributed by atoms with Crippen LogP contribution in [0.4, 0.5) is 11.6 Å². The molecular weight excluding hydrogens is 264 g/mol. The molecule has 1 aromatic heterocycles. The Morgan fingerprint density at radius 3 is 1.71 bits per heavy atom. The monoisotopic (exact) mass is 286 g/mol. The second-order valence-electron chi connectivity index (χ2n) is 5.47. The van der Waals surface area contributed by atoms with Crippen molar-refractivity contribution in [1.82, 2.24) is 9.97 Å². The maximum Gasteiger partial charge on any atom is 0.136 e. The van der Waals surface area contributed by atoms with E-state index in [-0.39, 0.29) is 11.8 Å². The Bertz CT molecular complexity index is 510. The van der Waals surface area contributed by atoms with Crippen molar-refractivity contribution in [3.8, 4) is 12.1 Å². The van der Waals surface area contributed by atoms with Crippen molar-refractivity contribution in [2.24, 2.45) is 11.8 Å². The van der Waals surface area contributed by atoms with E-state index in [0.717, 1.165) is 17.2 Å². The molecule has 0 saturated heterocycles. The maximum atomic E-state index is 8.92. The fourth-order valence-electron chi connectivity index (χ4n) is 2.28. The molecular formula is C15H22N6. The van der Waals surface area contributed by atoms with Crippen LogP contribution in [0.2, 0.25) is 0 Å². The number of aromatic nitrogens is 2. The van der Waals surface area contributed by atoms with E-state index in [2.05, 4.69) is 22.1 Å². The second kappa shape index (κ2) is 7.44. The zero-order valence-corrected chi connectivity index (χ0v) is 13.3. The Morgan fingerprint density at radius 2 is 1.38 bits per heavy atom. The van der Waals surface area contributed by atoms with Gasteiger partial charge in [0.15, 0.2) is 0 Å². The van der Waals surface area contributed by atoms with Crippen LogP contribution in [0.15, 0.2) is 6.33 Å². The maximum absolute atomic E-state index is 8.92. The van der Waals surface area contributed by atoms with Gasteiger partial charge in [-0.25, -0.2) is 9.97 Å². The molecule has 0 aromatic carbocycles. The van der Waals surface area contributed by atoms with E-state index in [1.807, 2.05) is 44.7 Å². The Balaban J connectivity index is 2.98. The topological polar surface area (TPSA) is 79.8 Å². The molecule has 0 amide bonds. The minimum Gasteiger partial charge on any atom is -0.358 e. The summed E-state index contributed by atoms with van der Waals surface area (Å²) in [4.78, 5) is 12.6. The predicted octanol–water partition coefficient (Wildman–Crippen LogP) is 1.98. The van der Waals surface area contributed by atoms with Gasteiger partial charge in [0.05, 0.1) is 24.0 Å². The highest BCUT2D eigenvalue weighted by Gasteiger charge is 2.16. The third-order valence-corrected chi connectivity index (χ3v) is 3.29. The average molecular weight is 286 g/mol. The number of nitrogens with zero attached hydrogens (tertiary/aromatic N) is 6. The molecule has 2 unspecified atom stereocenters. The highest BCUT2D eigenvalue weighted by molar-refractivity contribution is 5.58. The van der Waals surface area contributed by atoms with Crippen LogP contribution in [-0.2, 0) is 0 Å². The number of rotatable bonds is 6. The first kappa shape index (κ1) is 16.7. The third-order valence-electron chi connectivity index (χ3n) is 3.29. The van der Waals surface area contributed by atoms with Crippen LogP contribution in [0.1, 0.15) is 19.4 Å². The van der Waals surface area contributed by atoms with Crippen molar-refractivity contribution in [3.05, 3.63) is 11.9 Å². The van der Waals surface area contributed by atoms with Crippen molar-refractivity contribution < 1.29 is 0 Å². The zero-order chi connectivity index (χ0) is 16.0. The van der Waals surface area contributed by atoms with E-state index in [4.69, 9.17) is 10.5 Å². The van der Waals surface area contributed by atoms with Crippen LogP contribution in [0.25, 0.3) is 0 Å². The third kappa shape index (κ3) is 4.32. The van der Waals surface area contributed by atoms with Crippen LogP contribution < -0.4 is 9.80 Å². The quantitative estimate of drug-likeness (QED) is 0.795. The summed E-state index contributed by atoms with van der Waals surface area (Å²) in [6, 6.07) is 4.45. The lowest BCUT2D eigenvalue weighted by Gasteiger charge is -2.25. The van der Waals surface area contributed by atoms with Crippen molar-refractivity contribution >= 4 is 11.6 Å². The molecule has 0 radical (unpaired) electrons. The summed E-state index contributed by atoms with van der Waals surface area (Å²) in [6.45, 7) is 6.97. The highest BCUT2D eigenvalue weighted by atomic mass is 15.2. The molecule has 0 aliphatic carbocycles. The number of hydrogen-bond donors (Lipinski definition) is 0. The van der Waals surface area contributed by atoms with Crippen LogP contribution in [0.3, 0.4) is 0 Å². The van der Waals surface area contributed by atoms with Crippen molar-refractivity contribution in [2.45, 2.75) is 20.8 Å². The van der Waals surface area contributed by atoms with Crippen molar-refractivity contribution in [1.29, 1.82) is 10.5 Å². The van der Waals surface area contributed by atoms with Gasteiger partial charge in [0.1, 0.15) is 18.0 Å². The Morgan fingerprint density at radius 1 is 1.00 bits per heavy atom. The first-order valence-electron chi connectivity index (χ1n) is 6.93. The number of anilines is 2. The lowest BCUT2D eigenvalue weighted by atomic mass is 10.1. The normalized spacial score (nSPS) is 12.9. The standard InChI is InChI=1S/C15H22N6/c1-11(6-16)8-20(4)14-13(3)15(19-10-18-14)21(5)9-12(2)7-17/h10-12H,8-9H2,1-5H3. The molecule has 1 rings (SSSR count). The smallest absolute Gasteiger partial charge is 0.136 e. The van der Waals surface area contributed by atoms with Crippen molar-refractivity contribution in [2.75, 3.05) is 37.0 Å². The summed E-state index contributed by atoms with van der Waals surface area (Å²) in [5, 5.41) is 17.8. The SMILES string of the molecule is Cc1c(N(C)CC(C)C#N)ncnc1N(C)CC(C)C#N. The zero-order valence-electron chi connectivity index (χ0n) is 13.3. The first-order valence-corrected chi connectivity index (χ1v) is 6.93. The Labute approximate surface area is 126 Å². The van der Waals surface area contributed by atoms with Gasteiger partial charge in [-0.3, -0.25) is 0 Å². The summed E-state index contributed by atoms with van der Waals surface area (Å²) >= 11 is 0. The lowest BCUT2D eigenvalue weighted by molar-refractivity contribution is 0.697. The Hall–Kier alpha value is -2.34. The summed E-state index contributed by atoms with van der Waals surface area (Å²) in [7, 11) is 3.84. The van der Waals surface area contributed by atoms with Crippen LogP contribution in [0, 0.1) is 41.4 Å². The molecule has 112 valence electrons. The van der Waals surface area contributed by atoms with Gasteiger partial charge in [-0.1, -0.05) is 0 Å². The molecule has 0 N–H and O–H groups in total. The van der Waals surface area contributed by atoms with Gasteiger partial charge in [0.2, 0.25) is 0 Å². The average Bonchev–Trinajstić information content (AvgIpc) is 2.46. The first-order chi connectivity index (χ1) is 9.90. The molecule has 0 fully saturated rings. The fraction of sp³-hybridized carbons (Fsp3) is 0.600. The molecule has 0 spiro atoms. The molecule has 0 bridgehead atoms. The van der Waals surface area contributed by atoms with Gasteiger partial charge in [0, 0.05) is 32.7 Å². The fourth-order valence-corrected chi connectivity index (χ4v) is 2.28. The predicted molar refractivity (Wildman–Crippen MR) is 82.9 cm³/mol. The summed E-state index contributed by atoms with van der Waals surface area (Å²) < 4.78 is 0. The lowest BCUT2D eigenvalue weighted by Crippen LogP contribution is -2.28. The van der Waals surface area contributed by atoms with E-state index in [1.54, 1.807) is 0 Å². The summed E-state index contributed by atoms with van der Waals surface area (Å²) in [5.74, 6) is 1.51. The summed E-state index contributed by atoms with van der Waals surface area (Å²) in [5.41, 5.74) is 0.956. The van der Waals surface area contributed by atoms with E-state index < -0.39 is 0 Å². The molecule has 0 aliphatic heterocycles. The van der Waals surface area contributed by atoms with Crippen molar-refractivity contribution in [3.63, 3.8) is 0 Å². The van der Waals surface area contributed by atoms with Gasteiger partial charge in [-0.2, -0.15) is 10.5 Å². The van der Waals surface area contributed by atoms with E-state index in [0.29, 0.717) is 13.1 Å². The number of hydrogen-bond acceptors (Lipinski definition) is 6. The van der Waals surface area contributed by atoms with E-state index in [9.17, 15) is 0 Å². The van der Waals surface area contributed by atoms with Gasteiger partial charge in [-0.05, 0) is 20.8 Å². The molecule has 6 nitrogen and oxygen atoms in total. The van der Waals surface area contributed by atoms with Gasteiger partial charge in [-0.15, -0.1) is 0 Å². The highest BCUT2D eigenvalue weighted by Crippen LogP contribution is 2.24. The van der Waals surface area contributed by atoms with Gasteiger partial charge < -0.3 is 9.80 Å². The molecule has 1 heterocycles. The van der Waals surface area contributed by atoms with Gasteiger partial charge >= 0.3 is 0 Å². The Kier molecular flexibility index (Phi) is 5.92. The van der Waals surface area contributed by atoms with E-state index >= 15 is 0 Å². The van der Waals surface area contributed by atoms with E-state index in [1.165, 1.54) is 6.33 Å². The molecule has 21 heavy (non-hydrogen) atoms. The molecule has 1 aromatic rings. The van der Waals surface area contributed by atoms with Crippen LogP contribution >= 0.6 is 0 Å². The van der Waals surface area contributed by atoms with Gasteiger partial charge in [0.25, 0.3) is 0 Å². The molecule has 6 heteroatoms. The largest absolute Gasteiger partial charge is 0.358 e. The molecule has 2 atom stereocenters. The molecule has 0 aliphatic rings.